The van der Waals surface area contributed by atoms with Crippen LogP contribution < -0.4 is 0 Å². The van der Waals surface area contributed by atoms with Gasteiger partial charge in [-0.05, 0) is 57.8 Å². The summed E-state index contributed by atoms with van der Waals surface area (Å²) in [6.45, 7) is 5.49. The first-order valence-electron chi connectivity index (χ1n) is 10.3. The molecule has 0 N–H and O–H groups in total. The summed E-state index contributed by atoms with van der Waals surface area (Å²) in [6, 6.07) is 0. The third-order valence-electron chi connectivity index (χ3n) is 6.45. The van der Waals surface area contributed by atoms with E-state index in [1.165, 1.54) is 6.92 Å². The lowest BCUT2D eigenvalue weighted by molar-refractivity contribution is -0.286. The van der Waals surface area contributed by atoms with Crippen molar-refractivity contribution < 1.29 is 45.8 Å². The van der Waals surface area contributed by atoms with Crippen LogP contribution in [0, 0.1) is 11.8 Å². The maximum absolute atomic E-state index is 13.0. The maximum atomic E-state index is 13.0. The van der Waals surface area contributed by atoms with Crippen molar-refractivity contribution in [1.29, 1.82) is 0 Å². The van der Waals surface area contributed by atoms with Gasteiger partial charge >= 0.3 is 24.0 Å². The first kappa shape index (κ1) is 23.9. The van der Waals surface area contributed by atoms with Crippen molar-refractivity contribution >= 4 is 11.9 Å². The molecule has 10 heteroatoms. The highest BCUT2D eigenvalue weighted by molar-refractivity contribution is 5.87. The van der Waals surface area contributed by atoms with Crippen LogP contribution in [-0.2, 0) is 23.8 Å². The minimum absolute atomic E-state index is 0.257. The van der Waals surface area contributed by atoms with E-state index in [2.05, 4.69) is 11.3 Å². The summed E-state index contributed by atoms with van der Waals surface area (Å²) >= 11 is 0. The Bertz CT molecular complexity index is 733. The molecular formula is C21H27F5O5. The summed E-state index contributed by atoms with van der Waals surface area (Å²) in [6.07, 6.45) is -4.37. The number of ether oxygens (including phenoxy) is 3. The van der Waals surface area contributed by atoms with Crippen molar-refractivity contribution in [2.75, 3.05) is 6.61 Å². The van der Waals surface area contributed by atoms with Crippen LogP contribution in [0.5, 0.6) is 0 Å². The zero-order chi connectivity index (χ0) is 23.2. The number of halogens is 5. The van der Waals surface area contributed by atoms with Gasteiger partial charge in [0.25, 0.3) is 0 Å². The molecule has 5 nitrogen and oxygen atoms in total. The second-order valence-corrected chi connectivity index (χ2v) is 9.38. The summed E-state index contributed by atoms with van der Waals surface area (Å²) in [5, 5.41) is 0. The molecule has 31 heavy (non-hydrogen) atoms. The Labute approximate surface area is 177 Å². The predicted molar refractivity (Wildman–Crippen MR) is 98.2 cm³/mol. The van der Waals surface area contributed by atoms with Crippen LogP contribution in [0.1, 0.15) is 58.8 Å². The standard InChI is InChI=1S/C21H27F5O5/c1-12(2)16(27)31-19-9-14-6-15(10-19)8-18(7-14,11-19)30-13(3)17(28)29-5-4-20(22,23)21(24,25)26/h13-15H,1,4-11H2,2-3H3. The van der Waals surface area contributed by atoms with E-state index in [4.69, 9.17) is 9.47 Å². The number of alkyl halides is 5. The average Bonchev–Trinajstić information content (AvgIpc) is 2.58. The highest BCUT2D eigenvalue weighted by Crippen LogP contribution is 2.60. The highest BCUT2D eigenvalue weighted by atomic mass is 19.4. The molecule has 0 aromatic rings. The van der Waals surface area contributed by atoms with Crippen LogP contribution in [0.3, 0.4) is 0 Å². The zero-order valence-corrected chi connectivity index (χ0v) is 17.5. The fourth-order valence-electron chi connectivity index (χ4n) is 5.60. The lowest BCUT2D eigenvalue weighted by Crippen LogP contribution is -2.62. The van der Waals surface area contributed by atoms with Gasteiger partial charge in [-0.25, -0.2) is 9.59 Å². The second-order valence-electron chi connectivity index (χ2n) is 9.38. The van der Waals surface area contributed by atoms with Crippen molar-refractivity contribution in [2.24, 2.45) is 11.8 Å². The van der Waals surface area contributed by atoms with Crippen molar-refractivity contribution in [3.63, 3.8) is 0 Å². The molecule has 4 fully saturated rings. The third-order valence-corrected chi connectivity index (χ3v) is 6.45. The smallest absolute Gasteiger partial charge is 0.453 e. The van der Waals surface area contributed by atoms with Crippen LogP contribution in [0.25, 0.3) is 0 Å². The number of esters is 2. The fraction of sp³-hybridized carbons (Fsp3) is 0.810. The molecule has 4 bridgehead atoms. The molecule has 0 amide bonds. The van der Waals surface area contributed by atoms with Crippen molar-refractivity contribution in [1.82, 2.24) is 0 Å². The minimum Gasteiger partial charge on any atom is -0.464 e. The van der Waals surface area contributed by atoms with E-state index in [1.54, 1.807) is 6.92 Å². The van der Waals surface area contributed by atoms with E-state index < -0.39 is 54.4 Å². The van der Waals surface area contributed by atoms with Gasteiger partial charge in [-0.1, -0.05) is 6.58 Å². The van der Waals surface area contributed by atoms with Crippen LogP contribution in [0.4, 0.5) is 22.0 Å². The van der Waals surface area contributed by atoms with Gasteiger partial charge in [-0.3, -0.25) is 0 Å². The Morgan fingerprint density at radius 1 is 1.06 bits per heavy atom. The summed E-state index contributed by atoms with van der Waals surface area (Å²) in [4.78, 5) is 24.3. The van der Waals surface area contributed by atoms with Gasteiger partial charge in [-0.15, -0.1) is 0 Å². The first-order valence-corrected chi connectivity index (χ1v) is 10.3. The number of carbonyl (C=O) groups excluding carboxylic acids is 2. The molecular weight excluding hydrogens is 427 g/mol. The van der Waals surface area contributed by atoms with Crippen LogP contribution in [0.15, 0.2) is 12.2 Å². The molecule has 0 saturated heterocycles. The first-order chi connectivity index (χ1) is 14.2. The van der Waals surface area contributed by atoms with E-state index in [1.807, 2.05) is 0 Å². The molecule has 0 aromatic heterocycles. The monoisotopic (exact) mass is 454 g/mol. The molecule has 4 aliphatic rings. The van der Waals surface area contributed by atoms with Gasteiger partial charge in [0.1, 0.15) is 5.60 Å². The summed E-state index contributed by atoms with van der Waals surface area (Å²) in [7, 11) is 0. The summed E-state index contributed by atoms with van der Waals surface area (Å²) in [5.41, 5.74) is -1.13. The van der Waals surface area contributed by atoms with Crippen molar-refractivity contribution in [2.45, 2.75) is 88.2 Å². The van der Waals surface area contributed by atoms with E-state index >= 15 is 0 Å². The topological polar surface area (TPSA) is 61.8 Å². The van der Waals surface area contributed by atoms with Crippen LogP contribution in [0.2, 0.25) is 0 Å². The van der Waals surface area contributed by atoms with Gasteiger partial charge in [0.2, 0.25) is 0 Å². The summed E-state index contributed by atoms with van der Waals surface area (Å²) < 4.78 is 79.1. The van der Waals surface area contributed by atoms with E-state index in [0.29, 0.717) is 37.7 Å². The van der Waals surface area contributed by atoms with Gasteiger partial charge < -0.3 is 14.2 Å². The molecule has 4 saturated carbocycles. The van der Waals surface area contributed by atoms with Crippen molar-refractivity contribution in [3.05, 3.63) is 12.2 Å². The zero-order valence-electron chi connectivity index (χ0n) is 17.5. The molecule has 3 atom stereocenters. The maximum Gasteiger partial charge on any atom is 0.453 e. The quantitative estimate of drug-likeness (QED) is 0.301. The lowest BCUT2D eigenvalue weighted by atomic mass is 9.52. The van der Waals surface area contributed by atoms with Gasteiger partial charge in [0.15, 0.2) is 6.10 Å². The molecule has 4 rings (SSSR count). The fourth-order valence-corrected chi connectivity index (χ4v) is 5.60. The lowest BCUT2D eigenvalue weighted by Gasteiger charge is -2.61. The number of hydrogen-bond donors (Lipinski definition) is 0. The van der Waals surface area contributed by atoms with Crippen LogP contribution in [-0.4, -0.2) is 48.0 Å². The van der Waals surface area contributed by atoms with Gasteiger partial charge in [-0.2, -0.15) is 22.0 Å². The normalized spacial score (nSPS) is 33.1. The molecule has 0 aliphatic heterocycles. The predicted octanol–water partition coefficient (Wildman–Crippen LogP) is 4.73. The Hall–Kier alpha value is -1.71. The third kappa shape index (κ3) is 5.04. The Morgan fingerprint density at radius 3 is 2.13 bits per heavy atom. The molecule has 4 aliphatic carbocycles. The largest absolute Gasteiger partial charge is 0.464 e. The molecule has 0 heterocycles. The van der Waals surface area contributed by atoms with E-state index in [-0.39, 0.29) is 11.8 Å². The van der Waals surface area contributed by atoms with E-state index in [0.717, 1.165) is 6.42 Å². The average molecular weight is 454 g/mol. The SMILES string of the molecule is C=C(C)C(=O)OC12CC3CC(C1)CC(OC(C)C(=O)OCCC(F)(F)C(F)(F)F)(C3)C2. The number of hydrogen-bond acceptors (Lipinski definition) is 5. The Morgan fingerprint density at radius 2 is 1.61 bits per heavy atom. The van der Waals surface area contributed by atoms with Gasteiger partial charge in [0, 0.05) is 12.0 Å². The number of carbonyl (C=O) groups is 2. The molecule has 0 spiro atoms. The summed E-state index contributed by atoms with van der Waals surface area (Å²) in [5.74, 6) is -5.89. The van der Waals surface area contributed by atoms with E-state index in [9.17, 15) is 31.5 Å². The van der Waals surface area contributed by atoms with Gasteiger partial charge in [0.05, 0.1) is 18.6 Å². The van der Waals surface area contributed by atoms with Crippen molar-refractivity contribution in [3.8, 4) is 0 Å². The second kappa shape index (κ2) is 8.01. The molecule has 3 unspecified atom stereocenters. The molecule has 176 valence electrons. The Balaban J connectivity index is 1.60. The Kier molecular flexibility index (Phi) is 6.19. The minimum atomic E-state index is -5.70. The number of rotatable bonds is 8. The van der Waals surface area contributed by atoms with Crippen LogP contribution >= 0.6 is 0 Å². The molecule has 0 aromatic carbocycles. The highest BCUT2D eigenvalue weighted by Gasteiger charge is 2.61. The molecule has 0 radical (unpaired) electrons.